The van der Waals surface area contributed by atoms with E-state index in [2.05, 4.69) is 47.6 Å². The van der Waals surface area contributed by atoms with Gasteiger partial charge in [-0.05, 0) is 37.0 Å². The van der Waals surface area contributed by atoms with Crippen LogP contribution in [0.4, 0.5) is 0 Å². The minimum atomic E-state index is 0.150. The predicted molar refractivity (Wildman–Crippen MR) is 70.3 cm³/mol. The fourth-order valence-electron chi connectivity index (χ4n) is 4.06. The van der Waals surface area contributed by atoms with Crippen LogP contribution in [0.15, 0.2) is 23.3 Å². The molecule has 0 radical (unpaired) electrons. The normalized spacial score (nSPS) is 28.8. The Hall–Kier alpha value is -0.560. The molecule has 1 unspecified atom stereocenters. The molecule has 0 amide bonds. The highest BCUT2D eigenvalue weighted by atomic mass is 16.2. The van der Waals surface area contributed by atoms with Crippen molar-refractivity contribution in [1.82, 2.24) is 0 Å². The molecule has 1 aliphatic rings. The van der Waals surface area contributed by atoms with E-state index in [0.29, 0.717) is 5.92 Å². The van der Waals surface area contributed by atoms with Crippen LogP contribution in [-0.4, -0.2) is 11.7 Å². The minimum Gasteiger partial charge on any atom is -0.392 e. The molecule has 1 nitrogen and oxygen atoms in total. The standard InChI is InChI=1S/C15H26O/c1-11-9-14(3,4)13(12(2)7-8-16)15(5,6)10-11/h7,9,13,16H,8,10H2,1-6H3/b12-7-. The van der Waals surface area contributed by atoms with Gasteiger partial charge in [-0.3, -0.25) is 0 Å². The van der Waals surface area contributed by atoms with E-state index in [0.717, 1.165) is 6.42 Å². The summed E-state index contributed by atoms with van der Waals surface area (Å²) in [6.45, 7) is 13.8. The van der Waals surface area contributed by atoms with E-state index in [1.54, 1.807) is 0 Å². The first kappa shape index (κ1) is 13.5. The fraction of sp³-hybridized carbons (Fsp3) is 0.733. The molecule has 0 heterocycles. The lowest BCUT2D eigenvalue weighted by Gasteiger charge is -2.48. The van der Waals surface area contributed by atoms with Crippen molar-refractivity contribution in [2.75, 3.05) is 6.61 Å². The van der Waals surface area contributed by atoms with Crippen molar-refractivity contribution in [3.8, 4) is 0 Å². The summed E-state index contributed by atoms with van der Waals surface area (Å²) in [5.74, 6) is 0.510. The van der Waals surface area contributed by atoms with Crippen molar-refractivity contribution in [3.63, 3.8) is 0 Å². The summed E-state index contributed by atoms with van der Waals surface area (Å²) >= 11 is 0. The molecule has 1 atom stereocenters. The van der Waals surface area contributed by atoms with Gasteiger partial charge >= 0.3 is 0 Å². The zero-order valence-corrected chi connectivity index (χ0v) is 11.6. The van der Waals surface area contributed by atoms with Crippen LogP contribution in [0.5, 0.6) is 0 Å². The Bertz CT molecular complexity index is 318. The lowest BCUT2D eigenvalue weighted by atomic mass is 9.56. The average Bonchev–Trinajstić information content (AvgIpc) is 1.96. The van der Waals surface area contributed by atoms with Gasteiger partial charge in [-0.2, -0.15) is 0 Å². The first-order valence-corrected chi connectivity index (χ1v) is 6.16. The zero-order valence-electron chi connectivity index (χ0n) is 11.6. The second-order valence-electron chi connectivity index (χ2n) is 6.54. The number of rotatable bonds is 2. The molecule has 0 spiro atoms. The maximum Gasteiger partial charge on any atom is 0.0615 e. The number of hydrogen-bond acceptors (Lipinski definition) is 1. The van der Waals surface area contributed by atoms with E-state index < -0.39 is 0 Å². The molecule has 0 bridgehead atoms. The van der Waals surface area contributed by atoms with Crippen LogP contribution in [0.2, 0.25) is 0 Å². The van der Waals surface area contributed by atoms with Gasteiger partial charge in [0.25, 0.3) is 0 Å². The maximum absolute atomic E-state index is 9.07. The number of allylic oxidation sites excluding steroid dienone is 3. The molecule has 1 heteroatoms. The lowest BCUT2D eigenvalue weighted by Crippen LogP contribution is -2.39. The summed E-state index contributed by atoms with van der Waals surface area (Å²) in [5, 5.41) is 9.07. The van der Waals surface area contributed by atoms with Crippen molar-refractivity contribution in [1.29, 1.82) is 0 Å². The minimum absolute atomic E-state index is 0.150. The summed E-state index contributed by atoms with van der Waals surface area (Å²) in [6.07, 6.45) is 5.51. The van der Waals surface area contributed by atoms with E-state index in [4.69, 9.17) is 5.11 Å². The van der Waals surface area contributed by atoms with E-state index in [1.807, 2.05) is 6.08 Å². The van der Waals surface area contributed by atoms with Crippen LogP contribution in [0.3, 0.4) is 0 Å². The molecule has 1 rings (SSSR count). The van der Waals surface area contributed by atoms with Gasteiger partial charge in [0.15, 0.2) is 0 Å². The van der Waals surface area contributed by atoms with Crippen molar-refractivity contribution in [2.45, 2.75) is 48.0 Å². The van der Waals surface area contributed by atoms with E-state index in [1.165, 1.54) is 11.1 Å². The first-order valence-electron chi connectivity index (χ1n) is 6.16. The van der Waals surface area contributed by atoms with Gasteiger partial charge in [0.1, 0.15) is 0 Å². The third-order valence-electron chi connectivity index (χ3n) is 3.75. The first-order chi connectivity index (χ1) is 7.20. The zero-order chi connectivity index (χ0) is 12.6. The number of aliphatic hydroxyl groups is 1. The second kappa shape index (κ2) is 4.37. The van der Waals surface area contributed by atoms with Gasteiger partial charge in [-0.15, -0.1) is 0 Å². The van der Waals surface area contributed by atoms with Gasteiger partial charge in [-0.1, -0.05) is 51.0 Å². The maximum atomic E-state index is 9.07. The Morgan fingerprint density at radius 3 is 2.44 bits per heavy atom. The summed E-state index contributed by atoms with van der Waals surface area (Å²) in [5.41, 5.74) is 3.27. The second-order valence-corrected chi connectivity index (χ2v) is 6.54. The molecule has 0 aromatic rings. The van der Waals surface area contributed by atoms with Crippen molar-refractivity contribution < 1.29 is 5.11 Å². The molecule has 0 aromatic carbocycles. The van der Waals surface area contributed by atoms with E-state index in [-0.39, 0.29) is 17.4 Å². The molecule has 0 aliphatic heterocycles. The van der Waals surface area contributed by atoms with Crippen LogP contribution in [0.1, 0.15) is 48.0 Å². The molecular weight excluding hydrogens is 196 g/mol. The Labute approximate surface area is 100 Å². The molecule has 0 aromatic heterocycles. The molecule has 92 valence electrons. The van der Waals surface area contributed by atoms with E-state index in [9.17, 15) is 0 Å². The molecule has 1 N–H and O–H groups in total. The number of hydrogen-bond donors (Lipinski definition) is 1. The monoisotopic (exact) mass is 222 g/mol. The topological polar surface area (TPSA) is 20.2 Å². The summed E-state index contributed by atoms with van der Waals surface area (Å²) in [7, 11) is 0. The van der Waals surface area contributed by atoms with E-state index >= 15 is 0 Å². The van der Waals surface area contributed by atoms with Crippen molar-refractivity contribution in [3.05, 3.63) is 23.3 Å². The van der Waals surface area contributed by atoms with Crippen molar-refractivity contribution in [2.24, 2.45) is 16.7 Å². The predicted octanol–water partition coefficient (Wildman–Crippen LogP) is 3.94. The molecular formula is C15H26O. The quantitative estimate of drug-likeness (QED) is 0.702. The lowest BCUT2D eigenvalue weighted by molar-refractivity contribution is 0.123. The molecule has 1 aliphatic carbocycles. The smallest absolute Gasteiger partial charge is 0.0615 e. The fourth-order valence-corrected chi connectivity index (χ4v) is 4.06. The van der Waals surface area contributed by atoms with Gasteiger partial charge in [0.05, 0.1) is 6.61 Å². The number of aliphatic hydroxyl groups excluding tert-OH is 1. The Morgan fingerprint density at radius 1 is 1.44 bits per heavy atom. The van der Waals surface area contributed by atoms with Gasteiger partial charge in [0.2, 0.25) is 0 Å². The highest BCUT2D eigenvalue weighted by Crippen LogP contribution is 2.52. The average molecular weight is 222 g/mol. The third-order valence-corrected chi connectivity index (χ3v) is 3.75. The molecule has 0 saturated heterocycles. The van der Waals surface area contributed by atoms with Crippen LogP contribution in [-0.2, 0) is 0 Å². The van der Waals surface area contributed by atoms with Gasteiger partial charge < -0.3 is 5.11 Å². The summed E-state index contributed by atoms with van der Waals surface area (Å²) in [6, 6.07) is 0. The largest absolute Gasteiger partial charge is 0.392 e. The molecule has 0 saturated carbocycles. The highest BCUT2D eigenvalue weighted by molar-refractivity contribution is 5.24. The molecule has 16 heavy (non-hydrogen) atoms. The SMILES string of the molecule is CC1=CC(C)(C)C(/C(C)=C\CO)C(C)(C)C1. The van der Waals surface area contributed by atoms with Crippen LogP contribution in [0.25, 0.3) is 0 Å². The Morgan fingerprint density at radius 2 is 2.00 bits per heavy atom. The Kier molecular flexibility index (Phi) is 3.69. The van der Waals surface area contributed by atoms with Gasteiger partial charge in [0, 0.05) is 0 Å². The summed E-state index contributed by atoms with van der Waals surface area (Å²) in [4.78, 5) is 0. The third kappa shape index (κ3) is 2.57. The van der Waals surface area contributed by atoms with Gasteiger partial charge in [-0.25, -0.2) is 0 Å². The Balaban J connectivity index is 3.18. The van der Waals surface area contributed by atoms with Crippen LogP contribution < -0.4 is 0 Å². The van der Waals surface area contributed by atoms with Crippen LogP contribution in [0, 0.1) is 16.7 Å². The van der Waals surface area contributed by atoms with Crippen molar-refractivity contribution >= 4 is 0 Å². The highest BCUT2D eigenvalue weighted by Gasteiger charge is 2.43. The van der Waals surface area contributed by atoms with Crippen LogP contribution >= 0.6 is 0 Å². The summed E-state index contributed by atoms with van der Waals surface area (Å²) < 4.78 is 0. The molecule has 0 fully saturated rings.